The Hall–Kier alpha value is 0.698. The molecule has 0 amide bonds. The van der Waals surface area contributed by atoms with Gasteiger partial charge in [-0.15, -0.1) is 0 Å². The summed E-state index contributed by atoms with van der Waals surface area (Å²) in [6.45, 7) is 7.95. The van der Waals surface area contributed by atoms with E-state index in [-0.39, 0.29) is 0 Å². The summed E-state index contributed by atoms with van der Waals surface area (Å²) in [4.78, 5) is 0. The zero-order valence-corrected chi connectivity index (χ0v) is 9.35. The van der Waals surface area contributed by atoms with Crippen molar-refractivity contribution in [3.63, 3.8) is 0 Å². The van der Waals surface area contributed by atoms with Gasteiger partial charge in [0.15, 0.2) is 0 Å². The molecule has 62 valence electrons. The molecule has 0 saturated carbocycles. The van der Waals surface area contributed by atoms with E-state index in [1.165, 1.54) is 0 Å². The molecule has 0 atom stereocenters. The van der Waals surface area contributed by atoms with Crippen LogP contribution in [0.15, 0.2) is 0 Å². The molecule has 0 aliphatic rings. The van der Waals surface area contributed by atoms with Crippen molar-refractivity contribution in [1.82, 2.24) is 0 Å². The summed E-state index contributed by atoms with van der Waals surface area (Å²) in [5.41, 5.74) is 0. The van der Waals surface area contributed by atoms with Gasteiger partial charge in [0.2, 0.25) is 0 Å². The average Bonchev–Trinajstić information content (AvgIpc) is 1.90. The third-order valence-electron chi connectivity index (χ3n) is 0.704. The summed E-state index contributed by atoms with van der Waals surface area (Å²) in [6.07, 6.45) is 0. The fraction of sp³-hybridized carbons (Fsp3) is 1.00. The summed E-state index contributed by atoms with van der Waals surface area (Å²) in [7, 11) is 0. The van der Waals surface area contributed by atoms with E-state index >= 15 is 0 Å². The standard InChI is InChI=1S/3C2H5O.Sb/c3*1-2-3;/h3*2H2,1H3;/q3*-1;+3. The van der Waals surface area contributed by atoms with E-state index in [0.717, 1.165) is 0 Å². The Morgan fingerprint density at radius 1 is 0.800 bits per heavy atom. The topological polar surface area (TPSA) is 27.7 Å². The molecule has 0 N–H and O–H groups in total. The zero-order chi connectivity index (χ0) is 7.82. The molecule has 0 rings (SSSR count). The molecule has 0 unspecified atom stereocenters. The van der Waals surface area contributed by atoms with E-state index in [9.17, 15) is 0 Å². The molecule has 0 radical (unpaired) electrons. The van der Waals surface area contributed by atoms with Crippen LogP contribution in [-0.4, -0.2) is 41.3 Å². The normalized spacial score (nSPS) is 10.8. The van der Waals surface area contributed by atoms with E-state index in [2.05, 4.69) is 0 Å². The van der Waals surface area contributed by atoms with Gasteiger partial charge in [-0.25, -0.2) is 0 Å². The van der Waals surface area contributed by atoms with Crippen molar-refractivity contribution in [3.05, 3.63) is 0 Å². The van der Waals surface area contributed by atoms with Crippen LogP contribution in [0, 0.1) is 0 Å². The first kappa shape index (κ1) is 10.7. The van der Waals surface area contributed by atoms with E-state index in [4.69, 9.17) is 9.05 Å². The maximum absolute atomic E-state index is 5.26. The van der Waals surface area contributed by atoms with Crippen LogP contribution in [0.5, 0.6) is 0 Å². The second kappa shape index (κ2) is 7.80. The Morgan fingerprint density at radius 3 is 1.30 bits per heavy atom. The number of hydrogen-bond acceptors (Lipinski definition) is 3. The van der Waals surface area contributed by atoms with Crippen molar-refractivity contribution in [2.45, 2.75) is 20.8 Å². The van der Waals surface area contributed by atoms with E-state index in [1.54, 1.807) is 0 Å². The van der Waals surface area contributed by atoms with Crippen molar-refractivity contribution in [2.75, 3.05) is 19.8 Å². The second-order valence-electron chi connectivity index (χ2n) is 1.48. The zero-order valence-electron chi connectivity index (χ0n) is 6.79. The summed E-state index contributed by atoms with van der Waals surface area (Å²) >= 11 is -2.14. The van der Waals surface area contributed by atoms with Crippen molar-refractivity contribution in [3.8, 4) is 0 Å². The van der Waals surface area contributed by atoms with Gasteiger partial charge in [0, 0.05) is 0 Å². The van der Waals surface area contributed by atoms with Gasteiger partial charge in [-0.2, -0.15) is 0 Å². The van der Waals surface area contributed by atoms with Crippen molar-refractivity contribution < 1.29 is 9.05 Å². The van der Waals surface area contributed by atoms with Crippen LogP contribution < -0.4 is 0 Å². The number of rotatable bonds is 6. The van der Waals surface area contributed by atoms with Crippen molar-refractivity contribution in [2.24, 2.45) is 0 Å². The van der Waals surface area contributed by atoms with Gasteiger partial charge < -0.3 is 0 Å². The Labute approximate surface area is 71.3 Å². The molecule has 0 aromatic carbocycles. The Bertz CT molecular complexity index is 55.7. The van der Waals surface area contributed by atoms with Crippen LogP contribution in [0.2, 0.25) is 0 Å². The summed E-state index contributed by atoms with van der Waals surface area (Å²) < 4.78 is 15.8. The molecule has 4 heteroatoms. The molecule has 0 aliphatic carbocycles. The molecule has 0 aromatic rings. The van der Waals surface area contributed by atoms with Crippen LogP contribution in [0.4, 0.5) is 0 Å². The first-order valence-corrected chi connectivity index (χ1v) is 6.66. The molecule has 10 heavy (non-hydrogen) atoms. The molecular formula is C6H15O3Sb. The first-order chi connectivity index (χ1) is 4.85. The van der Waals surface area contributed by atoms with E-state index < -0.39 is 21.5 Å². The summed E-state index contributed by atoms with van der Waals surface area (Å²) in [5, 5.41) is 0. The predicted octanol–water partition coefficient (Wildman–Crippen LogP) is 1.08. The quantitative estimate of drug-likeness (QED) is 0.666. The monoisotopic (exact) mass is 256 g/mol. The van der Waals surface area contributed by atoms with Crippen molar-refractivity contribution in [1.29, 1.82) is 0 Å². The SMILES string of the molecule is CC[O][Sb]([O]CC)[O]CC. The molecule has 0 saturated heterocycles. The Morgan fingerprint density at radius 2 is 1.10 bits per heavy atom. The molecular weight excluding hydrogens is 242 g/mol. The first-order valence-electron chi connectivity index (χ1n) is 3.54. The fourth-order valence-electron chi connectivity index (χ4n) is 0.428. The van der Waals surface area contributed by atoms with Crippen LogP contribution in [-0.2, 0) is 9.05 Å². The third kappa shape index (κ3) is 5.48. The Balaban J connectivity index is 3.30. The van der Waals surface area contributed by atoms with Gasteiger partial charge in [-0.05, 0) is 0 Å². The Kier molecular flexibility index (Phi) is 8.35. The van der Waals surface area contributed by atoms with Crippen LogP contribution in [0.25, 0.3) is 0 Å². The van der Waals surface area contributed by atoms with Gasteiger partial charge in [0.1, 0.15) is 0 Å². The minimum atomic E-state index is -2.14. The van der Waals surface area contributed by atoms with E-state index in [0.29, 0.717) is 19.8 Å². The number of hydrogen-bond donors (Lipinski definition) is 0. The molecule has 0 aromatic heterocycles. The molecule has 3 nitrogen and oxygen atoms in total. The van der Waals surface area contributed by atoms with Crippen molar-refractivity contribution >= 4 is 21.5 Å². The molecule has 0 heterocycles. The molecule has 0 spiro atoms. The van der Waals surface area contributed by atoms with Crippen LogP contribution in [0.3, 0.4) is 0 Å². The van der Waals surface area contributed by atoms with E-state index in [1.807, 2.05) is 20.8 Å². The van der Waals surface area contributed by atoms with Gasteiger partial charge in [0.25, 0.3) is 0 Å². The predicted molar refractivity (Wildman–Crippen MR) is 40.6 cm³/mol. The summed E-state index contributed by atoms with van der Waals surface area (Å²) in [6, 6.07) is 0. The van der Waals surface area contributed by atoms with Gasteiger partial charge in [0.05, 0.1) is 0 Å². The van der Waals surface area contributed by atoms with Gasteiger partial charge >= 0.3 is 71.1 Å². The average molecular weight is 257 g/mol. The van der Waals surface area contributed by atoms with Crippen LogP contribution >= 0.6 is 0 Å². The minimum absolute atomic E-state index is 0.697. The van der Waals surface area contributed by atoms with Gasteiger partial charge in [-0.1, -0.05) is 0 Å². The van der Waals surface area contributed by atoms with Crippen LogP contribution in [0.1, 0.15) is 20.8 Å². The fourth-order valence-corrected chi connectivity index (χ4v) is 2.87. The second-order valence-corrected chi connectivity index (χ2v) is 4.96. The van der Waals surface area contributed by atoms with Gasteiger partial charge in [-0.3, -0.25) is 0 Å². The third-order valence-corrected chi connectivity index (χ3v) is 4.72. The summed E-state index contributed by atoms with van der Waals surface area (Å²) in [5.74, 6) is 0. The molecule has 0 aliphatic heterocycles. The molecule has 0 bridgehead atoms. The molecule has 0 fully saturated rings. The maximum atomic E-state index is 5.26.